The third-order valence-corrected chi connectivity index (χ3v) is 10.4. The van der Waals surface area contributed by atoms with Gasteiger partial charge in [0.25, 0.3) is 11.1 Å². The Morgan fingerprint density at radius 3 is 2.00 bits per heavy atom. The zero-order valence-electron chi connectivity index (χ0n) is 27.5. The van der Waals surface area contributed by atoms with E-state index in [9.17, 15) is 19.2 Å². The summed E-state index contributed by atoms with van der Waals surface area (Å²) in [5.74, 6) is 0. The molecule has 2 aromatic carbocycles. The van der Waals surface area contributed by atoms with Gasteiger partial charge in [0.2, 0.25) is 0 Å². The van der Waals surface area contributed by atoms with Gasteiger partial charge in [-0.2, -0.15) is 9.36 Å². The van der Waals surface area contributed by atoms with Crippen LogP contribution in [0.3, 0.4) is 0 Å². The monoisotopic (exact) mass is 710 g/mol. The zero-order valence-corrected chi connectivity index (χ0v) is 29.0. The van der Waals surface area contributed by atoms with Gasteiger partial charge >= 0.3 is 12.1 Å². The molecule has 0 radical (unpaired) electrons. The molecule has 8 rings (SSSR count). The molecule has 0 aliphatic heterocycles. The Bertz CT molecular complexity index is 2550. The molecule has 12 nitrogen and oxygen atoms in total. The van der Waals surface area contributed by atoms with E-state index in [1.165, 1.54) is 14.9 Å². The van der Waals surface area contributed by atoms with Gasteiger partial charge in [-0.05, 0) is 90.1 Å². The summed E-state index contributed by atoms with van der Waals surface area (Å²) in [6.45, 7) is 1.76. The van der Waals surface area contributed by atoms with Gasteiger partial charge in [-0.3, -0.25) is 19.0 Å². The number of nitrogens with zero attached hydrogens (tertiary/aromatic N) is 6. The molecule has 2 amide bonds. The molecular formula is C36H32Cl2N8O4. The lowest BCUT2D eigenvalue weighted by Gasteiger charge is -2.15. The van der Waals surface area contributed by atoms with E-state index < -0.39 is 23.2 Å². The number of nitrogens with one attached hydrogen (secondary N) is 2. The van der Waals surface area contributed by atoms with Gasteiger partial charge in [0.15, 0.2) is 11.3 Å². The molecule has 4 aromatic heterocycles. The molecule has 2 aliphatic carbocycles. The van der Waals surface area contributed by atoms with Gasteiger partial charge in [0, 0.05) is 14.1 Å². The van der Waals surface area contributed by atoms with Crippen molar-refractivity contribution in [3.05, 3.63) is 125 Å². The first-order valence-corrected chi connectivity index (χ1v) is 17.1. The van der Waals surface area contributed by atoms with Crippen molar-refractivity contribution < 1.29 is 9.59 Å². The number of fused-ring (bicyclic) bond motifs is 4. The van der Waals surface area contributed by atoms with Crippen molar-refractivity contribution >= 4 is 57.3 Å². The Balaban J connectivity index is 1.05. The van der Waals surface area contributed by atoms with Crippen molar-refractivity contribution in [3.63, 3.8) is 0 Å². The van der Waals surface area contributed by atoms with Gasteiger partial charge in [0.05, 0.1) is 22.9 Å². The van der Waals surface area contributed by atoms with Gasteiger partial charge < -0.3 is 10.6 Å². The van der Waals surface area contributed by atoms with Crippen LogP contribution in [-0.4, -0.2) is 40.8 Å². The number of aromatic nitrogens is 6. The minimum absolute atomic E-state index is 0.187. The second kappa shape index (κ2) is 12.0. The van der Waals surface area contributed by atoms with Crippen molar-refractivity contribution in [2.45, 2.75) is 51.1 Å². The summed E-state index contributed by atoms with van der Waals surface area (Å²) < 4.78 is 5.00. The van der Waals surface area contributed by atoms with Crippen LogP contribution in [-0.2, 0) is 33.4 Å². The Morgan fingerprint density at radius 1 is 0.760 bits per heavy atom. The quantitative estimate of drug-likeness (QED) is 0.233. The first kappa shape index (κ1) is 32.0. The lowest BCUT2D eigenvalue weighted by atomic mass is 9.99. The first-order valence-electron chi connectivity index (χ1n) is 16.3. The predicted octanol–water partition coefficient (Wildman–Crippen LogP) is 5.48. The van der Waals surface area contributed by atoms with Gasteiger partial charge in [0.1, 0.15) is 10.3 Å². The number of carbonyl (C=O) groups excluding carboxylic acids is 2. The highest BCUT2D eigenvalue weighted by molar-refractivity contribution is 6.30. The molecule has 2 atom stereocenters. The van der Waals surface area contributed by atoms with E-state index in [-0.39, 0.29) is 22.4 Å². The summed E-state index contributed by atoms with van der Waals surface area (Å²) in [6.07, 6.45) is 3.36. The summed E-state index contributed by atoms with van der Waals surface area (Å²) in [5.41, 5.74) is 6.23. The molecular weight excluding hydrogens is 679 g/mol. The molecule has 4 heterocycles. The minimum Gasteiger partial charge on any atom is -0.329 e. The topological polar surface area (TPSA) is 138 Å². The average molecular weight is 712 g/mol. The SMILES string of the molecule is Cc1cc(Cl)nc2c1c(=O)n(C(=O)N[C@H]1CCc3cc(Cc4cc(Cl)nc5c4c(=O)n(C(=O)N[C@@H]4CCc6ccccc64)n5C)ccc31)n2C. The zero-order chi connectivity index (χ0) is 35.0. The first-order chi connectivity index (χ1) is 24.0. The molecule has 254 valence electrons. The fraction of sp³-hybridized carbons (Fsp3) is 0.278. The van der Waals surface area contributed by atoms with E-state index in [1.807, 2.05) is 30.3 Å². The molecule has 2 aliphatic rings. The molecule has 2 N–H and O–H groups in total. The minimum atomic E-state index is -0.552. The number of rotatable bonds is 4. The summed E-state index contributed by atoms with van der Waals surface area (Å²) in [5, 5.41) is 7.19. The number of amides is 2. The molecule has 50 heavy (non-hydrogen) atoms. The Kier molecular flexibility index (Phi) is 7.68. The van der Waals surface area contributed by atoms with E-state index in [2.05, 4.69) is 32.7 Å². The van der Waals surface area contributed by atoms with Crippen LogP contribution in [0.5, 0.6) is 0 Å². The van der Waals surface area contributed by atoms with Crippen molar-refractivity contribution in [2.75, 3.05) is 0 Å². The van der Waals surface area contributed by atoms with Crippen LogP contribution in [0.25, 0.3) is 22.1 Å². The maximum Gasteiger partial charge on any atom is 0.344 e. The summed E-state index contributed by atoms with van der Waals surface area (Å²) in [7, 11) is 3.23. The smallest absolute Gasteiger partial charge is 0.329 e. The van der Waals surface area contributed by atoms with E-state index in [4.69, 9.17) is 23.2 Å². The number of benzene rings is 2. The lowest BCUT2D eigenvalue weighted by molar-refractivity contribution is 0.231. The highest BCUT2D eigenvalue weighted by Crippen LogP contribution is 2.34. The Morgan fingerprint density at radius 2 is 1.32 bits per heavy atom. The van der Waals surface area contributed by atoms with Crippen molar-refractivity contribution in [1.29, 1.82) is 0 Å². The summed E-state index contributed by atoms with van der Waals surface area (Å²) in [6, 6.07) is 15.7. The highest BCUT2D eigenvalue weighted by atomic mass is 35.5. The number of aryl methyl sites for hydroxylation is 5. The van der Waals surface area contributed by atoms with Crippen LogP contribution >= 0.6 is 23.2 Å². The molecule has 0 unspecified atom stereocenters. The number of hydrogen-bond donors (Lipinski definition) is 2. The number of carbonyl (C=O) groups is 2. The van der Waals surface area contributed by atoms with Crippen molar-refractivity contribution in [3.8, 4) is 0 Å². The third kappa shape index (κ3) is 5.12. The molecule has 0 saturated heterocycles. The number of halogens is 2. The Labute approximate surface area is 295 Å². The third-order valence-electron chi connectivity index (χ3n) is 10.0. The highest BCUT2D eigenvalue weighted by Gasteiger charge is 2.29. The van der Waals surface area contributed by atoms with Crippen molar-refractivity contribution in [1.82, 2.24) is 39.3 Å². The number of pyridine rings is 2. The fourth-order valence-electron chi connectivity index (χ4n) is 7.68. The van der Waals surface area contributed by atoms with Crippen LogP contribution in [0.2, 0.25) is 10.3 Å². The fourth-order valence-corrected chi connectivity index (χ4v) is 8.13. The van der Waals surface area contributed by atoms with Gasteiger partial charge in [-0.15, -0.1) is 0 Å². The van der Waals surface area contributed by atoms with Crippen LogP contribution in [0.4, 0.5) is 9.59 Å². The van der Waals surface area contributed by atoms with Crippen LogP contribution in [0, 0.1) is 6.92 Å². The van der Waals surface area contributed by atoms with Crippen LogP contribution in [0.15, 0.2) is 64.2 Å². The second-order valence-corrected chi connectivity index (χ2v) is 13.8. The van der Waals surface area contributed by atoms with Crippen LogP contribution in [0.1, 0.15) is 63.9 Å². The maximum atomic E-state index is 13.8. The van der Waals surface area contributed by atoms with Crippen molar-refractivity contribution in [2.24, 2.45) is 14.1 Å². The largest absolute Gasteiger partial charge is 0.344 e. The normalized spacial score (nSPS) is 16.6. The summed E-state index contributed by atoms with van der Waals surface area (Å²) >= 11 is 12.6. The lowest BCUT2D eigenvalue weighted by Crippen LogP contribution is -2.39. The van der Waals surface area contributed by atoms with Gasteiger partial charge in [-0.25, -0.2) is 19.6 Å². The Hall–Kier alpha value is -5.20. The van der Waals surface area contributed by atoms with E-state index in [0.29, 0.717) is 52.5 Å². The molecule has 0 bridgehead atoms. The average Bonchev–Trinajstić information content (AvgIpc) is 3.79. The maximum absolute atomic E-state index is 13.8. The summed E-state index contributed by atoms with van der Waals surface area (Å²) in [4.78, 5) is 62.7. The molecule has 0 saturated carbocycles. The molecule has 0 spiro atoms. The van der Waals surface area contributed by atoms with Crippen LogP contribution < -0.4 is 21.8 Å². The standard InChI is InChI=1S/C36H32Cl2N8O4/c1-18-14-27(37)41-31-29(18)33(47)45(43(31)2)35(49)40-26-13-10-21-15-19(8-11-24(21)26)16-22-17-28(38)42-32-30(22)34(48)46(44(32)3)36(50)39-25-12-9-20-6-4-5-7-23(20)25/h4-8,11,14-15,17,25-26H,9-10,12-13,16H2,1-3H3,(H,39,50)(H,40,49)/t25-,26+/m1/s1. The second-order valence-electron chi connectivity index (χ2n) is 13.0. The van der Waals surface area contributed by atoms with E-state index in [0.717, 1.165) is 44.5 Å². The van der Waals surface area contributed by atoms with Gasteiger partial charge in [-0.1, -0.05) is 65.7 Å². The predicted molar refractivity (Wildman–Crippen MR) is 190 cm³/mol. The molecule has 6 aromatic rings. The molecule has 0 fully saturated rings. The number of hydrogen-bond acceptors (Lipinski definition) is 6. The van der Waals surface area contributed by atoms with E-state index in [1.54, 1.807) is 33.2 Å². The molecule has 14 heteroatoms. The van der Waals surface area contributed by atoms with E-state index >= 15 is 0 Å².